The van der Waals surface area contributed by atoms with Gasteiger partial charge in [0, 0.05) is 17.3 Å². The molecule has 2 aromatic heterocycles. The quantitative estimate of drug-likeness (QED) is 0.675. The van der Waals surface area contributed by atoms with E-state index < -0.39 is 0 Å². The Morgan fingerprint density at radius 1 is 1.00 bits per heavy atom. The predicted octanol–water partition coefficient (Wildman–Crippen LogP) is 3.99. The lowest BCUT2D eigenvalue weighted by Crippen LogP contribution is -2.26. The summed E-state index contributed by atoms with van der Waals surface area (Å²) in [6, 6.07) is 16.8. The van der Waals surface area contributed by atoms with Crippen LogP contribution in [0.15, 0.2) is 48.5 Å². The lowest BCUT2D eigenvalue weighted by atomic mass is 9.89. The summed E-state index contributed by atoms with van der Waals surface area (Å²) < 4.78 is 0. The minimum absolute atomic E-state index is 0.648. The molecule has 5 nitrogen and oxygen atoms in total. The van der Waals surface area contributed by atoms with Crippen LogP contribution < -0.4 is 10.6 Å². The van der Waals surface area contributed by atoms with E-state index in [9.17, 15) is 0 Å². The van der Waals surface area contributed by atoms with Gasteiger partial charge in [-0.05, 0) is 62.5 Å². The smallest absolute Gasteiger partial charge is 0.153 e. The third kappa shape index (κ3) is 3.72. The molecule has 0 atom stereocenters. The zero-order valence-electron chi connectivity index (χ0n) is 14.4. The van der Waals surface area contributed by atoms with Gasteiger partial charge in [-0.25, -0.2) is 4.98 Å². The highest BCUT2D eigenvalue weighted by Gasteiger charge is 2.15. The minimum Gasteiger partial charge on any atom is -0.323 e. The molecule has 1 aliphatic heterocycles. The Kier molecular flexibility index (Phi) is 4.48. The third-order valence-corrected chi connectivity index (χ3v) is 4.70. The molecule has 1 aromatic carbocycles. The van der Waals surface area contributed by atoms with Crippen molar-refractivity contribution in [2.24, 2.45) is 0 Å². The number of pyridine rings is 1. The van der Waals surface area contributed by atoms with Crippen LogP contribution in [0.4, 0.5) is 11.6 Å². The van der Waals surface area contributed by atoms with Gasteiger partial charge in [0.15, 0.2) is 5.82 Å². The van der Waals surface area contributed by atoms with Gasteiger partial charge in [0.25, 0.3) is 0 Å². The van der Waals surface area contributed by atoms with E-state index >= 15 is 0 Å². The molecule has 0 saturated carbocycles. The fourth-order valence-electron chi connectivity index (χ4n) is 3.39. The molecule has 0 bridgehead atoms. The predicted molar refractivity (Wildman–Crippen MR) is 101 cm³/mol. The van der Waals surface area contributed by atoms with E-state index in [1.165, 1.54) is 18.4 Å². The molecule has 1 saturated heterocycles. The van der Waals surface area contributed by atoms with Crippen LogP contribution in [-0.2, 0) is 0 Å². The van der Waals surface area contributed by atoms with Crippen molar-refractivity contribution >= 4 is 11.6 Å². The van der Waals surface area contributed by atoms with Crippen molar-refractivity contribution in [1.29, 1.82) is 0 Å². The number of nitrogens with zero attached hydrogens (tertiary/aromatic N) is 2. The number of nitrogens with one attached hydrogen (secondary N) is 3. The number of piperidine rings is 1. The molecular weight excluding hydrogens is 310 g/mol. The van der Waals surface area contributed by atoms with Crippen LogP contribution in [0.2, 0.25) is 0 Å². The molecule has 25 heavy (non-hydrogen) atoms. The number of aryl methyl sites for hydroxylation is 1. The second-order valence-corrected chi connectivity index (χ2v) is 6.62. The van der Waals surface area contributed by atoms with Crippen molar-refractivity contribution in [3.05, 3.63) is 59.8 Å². The van der Waals surface area contributed by atoms with Crippen LogP contribution in [0.25, 0.3) is 11.3 Å². The Morgan fingerprint density at radius 2 is 1.84 bits per heavy atom. The number of aromatic amines is 1. The maximum atomic E-state index is 4.76. The van der Waals surface area contributed by atoms with Crippen LogP contribution >= 0.6 is 0 Å². The number of H-pyrrole nitrogens is 1. The summed E-state index contributed by atoms with van der Waals surface area (Å²) in [4.78, 5) is 4.76. The Bertz CT molecular complexity index is 849. The van der Waals surface area contributed by atoms with Gasteiger partial charge >= 0.3 is 0 Å². The van der Waals surface area contributed by atoms with Crippen LogP contribution in [0, 0.1) is 6.92 Å². The molecule has 0 spiro atoms. The molecule has 3 heterocycles. The standard InChI is InChI=1S/C20H23N5/c1-14-12-20(25-24-14)23-19-7-3-6-18(22-19)17-5-2-4-16(13-17)15-8-10-21-11-9-15/h2-7,12-13,15,21H,8-11H2,1H3,(H2,22,23,24,25). The fraction of sp³-hybridized carbons (Fsp3) is 0.300. The molecule has 128 valence electrons. The first-order chi connectivity index (χ1) is 12.3. The third-order valence-electron chi connectivity index (χ3n) is 4.70. The highest BCUT2D eigenvalue weighted by molar-refractivity contribution is 5.64. The lowest BCUT2D eigenvalue weighted by molar-refractivity contribution is 0.460. The summed E-state index contributed by atoms with van der Waals surface area (Å²) in [6.45, 7) is 4.19. The monoisotopic (exact) mass is 333 g/mol. The Balaban J connectivity index is 1.58. The average molecular weight is 333 g/mol. The lowest BCUT2D eigenvalue weighted by Gasteiger charge is -2.23. The zero-order valence-corrected chi connectivity index (χ0v) is 14.4. The number of aromatic nitrogens is 3. The zero-order chi connectivity index (χ0) is 17.1. The van der Waals surface area contributed by atoms with Crippen LogP contribution in [0.3, 0.4) is 0 Å². The van der Waals surface area contributed by atoms with Gasteiger partial charge in [0.1, 0.15) is 5.82 Å². The molecule has 3 aromatic rings. The molecule has 5 heteroatoms. The normalized spacial score (nSPS) is 15.2. The summed E-state index contributed by atoms with van der Waals surface area (Å²) >= 11 is 0. The highest BCUT2D eigenvalue weighted by Crippen LogP contribution is 2.29. The number of hydrogen-bond donors (Lipinski definition) is 3. The molecule has 1 aliphatic rings. The second kappa shape index (κ2) is 7.07. The fourth-order valence-corrected chi connectivity index (χ4v) is 3.39. The van der Waals surface area contributed by atoms with Crippen LogP contribution in [0.1, 0.15) is 30.0 Å². The minimum atomic E-state index is 0.648. The number of benzene rings is 1. The van der Waals surface area contributed by atoms with E-state index in [1.54, 1.807) is 0 Å². The molecule has 0 aliphatic carbocycles. The molecule has 0 radical (unpaired) electrons. The second-order valence-electron chi connectivity index (χ2n) is 6.62. The summed E-state index contributed by atoms with van der Waals surface area (Å²) in [5.41, 5.74) is 4.58. The topological polar surface area (TPSA) is 65.6 Å². The van der Waals surface area contributed by atoms with Crippen LogP contribution in [0.5, 0.6) is 0 Å². The van der Waals surface area contributed by atoms with E-state index in [-0.39, 0.29) is 0 Å². The van der Waals surface area contributed by atoms with Crippen molar-refractivity contribution in [3.8, 4) is 11.3 Å². The van der Waals surface area contributed by atoms with Crippen LogP contribution in [-0.4, -0.2) is 28.3 Å². The Hall–Kier alpha value is -2.66. The summed E-state index contributed by atoms with van der Waals surface area (Å²) in [7, 11) is 0. The van der Waals surface area contributed by atoms with Gasteiger partial charge in [-0.15, -0.1) is 0 Å². The van der Waals surface area contributed by atoms with E-state index in [0.717, 1.165) is 41.7 Å². The van der Waals surface area contributed by atoms with Crippen molar-refractivity contribution in [2.45, 2.75) is 25.7 Å². The number of hydrogen-bond acceptors (Lipinski definition) is 4. The maximum Gasteiger partial charge on any atom is 0.153 e. The largest absolute Gasteiger partial charge is 0.323 e. The Morgan fingerprint density at radius 3 is 2.64 bits per heavy atom. The molecule has 0 unspecified atom stereocenters. The molecule has 0 amide bonds. The van der Waals surface area contributed by atoms with E-state index in [1.807, 2.05) is 25.1 Å². The van der Waals surface area contributed by atoms with Crippen molar-refractivity contribution in [2.75, 3.05) is 18.4 Å². The SMILES string of the molecule is Cc1cc(Nc2cccc(-c3cccc(C4CCNCC4)c3)n2)n[nH]1. The first-order valence-electron chi connectivity index (χ1n) is 8.85. The first kappa shape index (κ1) is 15.8. The maximum absolute atomic E-state index is 4.76. The first-order valence-corrected chi connectivity index (χ1v) is 8.85. The van der Waals surface area contributed by atoms with Gasteiger partial charge in [0.2, 0.25) is 0 Å². The molecule has 3 N–H and O–H groups in total. The van der Waals surface area contributed by atoms with Gasteiger partial charge in [0.05, 0.1) is 5.69 Å². The van der Waals surface area contributed by atoms with E-state index in [2.05, 4.69) is 51.2 Å². The summed E-state index contributed by atoms with van der Waals surface area (Å²) in [6.07, 6.45) is 2.41. The molecular formula is C20H23N5. The van der Waals surface area contributed by atoms with Crippen molar-refractivity contribution in [3.63, 3.8) is 0 Å². The van der Waals surface area contributed by atoms with Crippen molar-refractivity contribution < 1.29 is 0 Å². The molecule has 1 fully saturated rings. The van der Waals surface area contributed by atoms with Crippen molar-refractivity contribution in [1.82, 2.24) is 20.5 Å². The Labute approximate surface area is 147 Å². The summed E-state index contributed by atoms with van der Waals surface area (Å²) in [5.74, 6) is 2.23. The average Bonchev–Trinajstić information content (AvgIpc) is 3.07. The van der Waals surface area contributed by atoms with Gasteiger partial charge in [-0.1, -0.05) is 24.3 Å². The number of anilines is 2. The molecule has 4 rings (SSSR count). The van der Waals surface area contributed by atoms with Gasteiger partial charge in [-0.3, -0.25) is 5.10 Å². The summed E-state index contributed by atoms with van der Waals surface area (Å²) in [5, 5.41) is 13.8. The van der Waals surface area contributed by atoms with Gasteiger partial charge < -0.3 is 10.6 Å². The van der Waals surface area contributed by atoms with E-state index in [4.69, 9.17) is 4.98 Å². The number of rotatable bonds is 4. The van der Waals surface area contributed by atoms with E-state index in [0.29, 0.717) is 5.92 Å². The highest BCUT2D eigenvalue weighted by atomic mass is 15.2. The van der Waals surface area contributed by atoms with Gasteiger partial charge in [-0.2, -0.15) is 5.10 Å².